The normalized spacial score (nSPS) is 24.6. The van der Waals surface area contributed by atoms with Crippen LogP contribution in [0.2, 0.25) is 5.04 Å². The lowest BCUT2D eigenvalue weighted by molar-refractivity contribution is -0.271. The van der Waals surface area contributed by atoms with Crippen molar-refractivity contribution in [1.29, 1.82) is 0 Å². The van der Waals surface area contributed by atoms with Gasteiger partial charge in [0.05, 0.1) is 59.5 Å². The van der Waals surface area contributed by atoms with Crippen molar-refractivity contribution >= 4 is 18.7 Å². The van der Waals surface area contributed by atoms with Gasteiger partial charge in [-0.15, -0.1) is 0 Å². The number of benzene rings is 8. The zero-order valence-corrected chi connectivity index (χ0v) is 51.7. The topological polar surface area (TPSA) is 120 Å². The van der Waals surface area contributed by atoms with E-state index in [1.54, 1.807) is 7.11 Å². The zero-order chi connectivity index (χ0) is 60.4. The monoisotopic (exact) mass is 1210 g/mol. The van der Waals surface area contributed by atoms with Crippen LogP contribution >= 0.6 is 0 Å². The Morgan fingerprint density at radius 1 is 0.318 bits per heavy atom. The Labute approximate surface area is 519 Å². The van der Waals surface area contributed by atoms with Gasteiger partial charge in [0.25, 0.3) is 8.32 Å². The first kappa shape index (κ1) is 63.0. The fourth-order valence-electron chi connectivity index (χ4n) is 12.0. The van der Waals surface area contributed by atoms with Crippen molar-refractivity contribution in [3.63, 3.8) is 0 Å². The van der Waals surface area contributed by atoms with Crippen LogP contribution in [-0.4, -0.2) is 109 Å². The Bertz CT molecular complexity index is 3200. The van der Waals surface area contributed by atoms with Gasteiger partial charge in [-0.2, -0.15) is 0 Å². The minimum atomic E-state index is -3.14. The van der Waals surface area contributed by atoms with Gasteiger partial charge in [-0.3, -0.25) is 0 Å². The van der Waals surface area contributed by atoms with Crippen LogP contribution in [0, 0.1) is 0 Å². The second-order valence-electron chi connectivity index (χ2n) is 23.6. The van der Waals surface area contributed by atoms with Crippen molar-refractivity contribution in [2.75, 3.05) is 26.9 Å². The zero-order valence-electron chi connectivity index (χ0n) is 50.7. The summed E-state index contributed by atoms with van der Waals surface area (Å²) in [6.45, 7) is 8.89. The standard InChI is InChI=1S/C74H82O13Si/c1-74(2,3)88(60-41-25-11-26-42-60,61-43-27-12-28-44-61)82-53-64-67(69(71(75-4)83-64)81-50-59-39-23-10-24-40-59)86-73-70(66(79-48-57-35-19-8-20-36-57)63(85-73)52-77-46-55-31-15-6-16-32-55)87-72-68(80-49-58-37-21-9-22-38-58)65(78-47-56-33-17-7-18-34-56)62(84-72)51-76-45-54-29-13-5-14-30-54/h5-44,62-73H,45-53H2,1-4H3/t62-,63-,64-,65-,66-,67-,68+,69+,70+,71+,72+,73-/m1/s1. The third kappa shape index (κ3) is 16.1. The van der Waals surface area contributed by atoms with Crippen molar-refractivity contribution in [3.05, 3.63) is 276 Å². The van der Waals surface area contributed by atoms with Crippen LogP contribution in [0.3, 0.4) is 0 Å². The lowest BCUT2D eigenvalue weighted by Gasteiger charge is -2.43. The molecule has 3 fully saturated rings. The first-order chi connectivity index (χ1) is 43.2. The SMILES string of the molecule is CO[C@H]1O[C@H](CO[Si](c2ccccc2)(c2ccccc2)C(C)(C)C)[C@@H](O[C@H]2O[C@H](COCc3ccccc3)[C@@H](OCc3ccccc3)[C@@H]2O[C@@H]2O[C@H](COCc3ccccc3)[C@@H](OCc3ccccc3)[C@@H]2OCc2ccccc2)[C@@H]1OCc1ccccc1. The molecule has 0 aromatic heterocycles. The van der Waals surface area contributed by atoms with Crippen molar-refractivity contribution in [3.8, 4) is 0 Å². The molecular weight excluding hydrogens is 1120 g/mol. The fourth-order valence-corrected chi connectivity index (χ4v) is 16.6. The van der Waals surface area contributed by atoms with Crippen LogP contribution in [0.4, 0.5) is 0 Å². The minimum Gasteiger partial charge on any atom is -0.405 e. The average Bonchev–Trinajstić information content (AvgIpc) is 1.08. The van der Waals surface area contributed by atoms with Crippen LogP contribution < -0.4 is 10.4 Å². The van der Waals surface area contributed by atoms with E-state index in [0.717, 1.165) is 43.8 Å². The molecule has 3 heterocycles. The quantitative estimate of drug-likeness (QED) is 0.0398. The molecule has 14 heteroatoms. The summed E-state index contributed by atoms with van der Waals surface area (Å²) in [7, 11) is -1.51. The highest BCUT2D eigenvalue weighted by Crippen LogP contribution is 2.41. The molecule has 88 heavy (non-hydrogen) atoms. The Morgan fingerprint density at radius 3 is 0.966 bits per heavy atom. The van der Waals surface area contributed by atoms with E-state index >= 15 is 0 Å². The highest BCUT2D eigenvalue weighted by atomic mass is 28.4. The van der Waals surface area contributed by atoms with Crippen LogP contribution in [0.15, 0.2) is 243 Å². The van der Waals surface area contributed by atoms with Gasteiger partial charge in [-0.1, -0.05) is 263 Å². The van der Waals surface area contributed by atoms with Gasteiger partial charge < -0.3 is 61.3 Å². The van der Waals surface area contributed by atoms with E-state index in [-0.39, 0.29) is 51.3 Å². The number of hydrogen-bond donors (Lipinski definition) is 0. The summed E-state index contributed by atoms with van der Waals surface area (Å²) < 4.78 is 91.6. The third-order valence-corrected chi connectivity index (χ3v) is 21.4. The van der Waals surface area contributed by atoms with Gasteiger partial charge in [0.15, 0.2) is 18.9 Å². The minimum absolute atomic E-state index is 0.116. The molecule has 13 nitrogen and oxygen atoms in total. The number of hydrogen-bond acceptors (Lipinski definition) is 13. The summed E-state index contributed by atoms with van der Waals surface area (Å²) in [4.78, 5) is 0. The molecule has 0 spiro atoms. The first-order valence-corrected chi connectivity index (χ1v) is 32.5. The van der Waals surface area contributed by atoms with Gasteiger partial charge in [-0.25, -0.2) is 0 Å². The van der Waals surface area contributed by atoms with Gasteiger partial charge >= 0.3 is 0 Å². The van der Waals surface area contributed by atoms with Gasteiger partial charge in [-0.05, 0) is 48.8 Å². The van der Waals surface area contributed by atoms with Gasteiger partial charge in [0.1, 0.15) is 54.9 Å². The lowest BCUT2D eigenvalue weighted by atomic mass is 10.1. The first-order valence-electron chi connectivity index (χ1n) is 30.6. The van der Waals surface area contributed by atoms with Crippen LogP contribution in [-0.2, 0) is 101 Å². The van der Waals surface area contributed by atoms with E-state index in [1.165, 1.54) is 0 Å². The highest BCUT2D eigenvalue weighted by molar-refractivity contribution is 6.99. The Hall–Kier alpha value is -6.54. The Kier molecular flexibility index (Phi) is 22.4. The maximum atomic E-state index is 7.67. The molecule has 0 saturated carbocycles. The fraction of sp³-hybridized carbons (Fsp3) is 0.351. The van der Waals surface area contributed by atoms with E-state index in [1.807, 2.05) is 194 Å². The van der Waals surface area contributed by atoms with Crippen molar-refractivity contribution in [2.45, 2.75) is 139 Å². The molecule has 3 aliphatic rings. The summed E-state index contributed by atoms with van der Waals surface area (Å²) in [5.41, 5.74) is 5.94. The Morgan fingerprint density at radius 2 is 0.602 bits per heavy atom. The molecule has 0 N–H and O–H groups in total. The van der Waals surface area contributed by atoms with Crippen LogP contribution in [0.25, 0.3) is 0 Å². The van der Waals surface area contributed by atoms with Crippen LogP contribution in [0.5, 0.6) is 0 Å². The summed E-state index contributed by atoms with van der Waals surface area (Å²) in [5, 5.41) is 1.92. The molecule has 0 radical (unpaired) electrons. The molecule has 12 atom stereocenters. The summed E-state index contributed by atoms with van der Waals surface area (Å²) >= 11 is 0. The summed E-state index contributed by atoms with van der Waals surface area (Å²) in [6, 6.07) is 81.5. The number of rotatable bonds is 30. The van der Waals surface area contributed by atoms with E-state index in [9.17, 15) is 0 Å². The molecule has 8 aromatic carbocycles. The molecule has 11 rings (SSSR count). The van der Waals surface area contributed by atoms with Crippen molar-refractivity contribution < 1.29 is 61.3 Å². The maximum Gasteiger partial charge on any atom is 0.261 e. The molecule has 0 unspecified atom stereocenters. The summed E-state index contributed by atoms with van der Waals surface area (Å²) in [5.74, 6) is 0. The summed E-state index contributed by atoms with van der Waals surface area (Å²) in [6.07, 6.45) is -10.1. The maximum absolute atomic E-state index is 7.67. The van der Waals surface area contributed by atoms with Crippen molar-refractivity contribution in [2.24, 2.45) is 0 Å². The van der Waals surface area contributed by atoms with Gasteiger partial charge in [0.2, 0.25) is 0 Å². The third-order valence-electron chi connectivity index (χ3n) is 16.4. The highest BCUT2D eigenvalue weighted by Gasteiger charge is 2.58. The Balaban J connectivity index is 0.979. The molecule has 460 valence electrons. The smallest absolute Gasteiger partial charge is 0.261 e. The van der Waals surface area contributed by atoms with E-state index < -0.39 is 82.1 Å². The molecule has 0 bridgehead atoms. The van der Waals surface area contributed by atoms with Crippen LogP contribution in [0.1, 0.15) is 54.2 Å². The van der Waals surface area contributed by atoms with E-state index in [0.29, 0.717) is 13.2 Å². The molecule has 0 aliphatic carbocycles. The second-order valence-corrected chi connectivity index (χ2v) is 27.9. The molecule has 3 saturated heterocycles. The lowest BCUT2D eigenvalue weighted by Crippen LogP contribution is -2.67. The molecule has 3 aliphatic heterocycles. The van der Waals surface area contributed by atoms with E-state index in [2.05, 4.69) is 69.3 Å². The predicted molar refractivity (Wildman–Crippen MR) is 339 cm³/mol. The molecule has 0 amide bonds. The van der Waals surface area contributed by atoms with Gasteiger partial charge in [0, 0.05) is 7.11 Å². The van der Waals surface area contributed by atoms with E-state index in [4.69, 9.17) is 61.3 Å². The largest absolute Gasteiger partial charge is 0.405 e. The number of methoxy groups -OCH3 is 1. The second kappa shape index (κ2) is 31.3. The average molecular weight is 1210 g/mol. The molecular formula is C74H82O13Si. The molecule has 8 aromatic rings. The van der Waals surface area contributed by atoms with Crippen molar-refractivity contribution in [1.82, 2.24) is 0 Å². The predicted octanol–water partition coefficient (Wildman–Crippen LogP) is 11.9. The number of ether oxygens (including phenoxy) is 12.